The molecule has 0 N–H and O–H groups in total. The van der Waals surface area contributed by atoms with Crippen LogP contribution in [0.4, 0.5) is 0 Å². The number of hydrogen-bond donors (Lipinski definition) is 0. The Morgan fingerprint density at radius 1 is 1.03 bits per heavy atom. The first kappa shape index (κ1) is 20.2. The zero-order valence-electron chi connectivity index (χ0n) is 17.9. The van der Waals surface area contributed by atoms with Gasteiger partial charge in [0.1, 0.15) is 17.6 Å². The third-order valence-corrected chi connectivity index (χ3v) is 5.22. The van der Waals surface area contributed by atoms with E-state index in [1.807, 2.05) is 67.1 Å². The van der Waals surface area contributed by atoms with E-state index in [-0.39, 0.29) is 6.10 Å². The summed E-state index contributed by atoms with van der Waals surface area (Å²) in [6, 6.07) is 15.5. The molecule has 0 spiro atoms. The van der Waals surface area contributed by atoms with Crippen molar-refractivity contribution in [2.24, 2.45) is 0 Å². The molecule has 0 aliphatic carbocycles. The highest BCUT2D eigenvalue weighted by Gasteiger charge is 2.28. The highest BCUT2D eigenvalue weighted by molar-refractivity contribution is 5.65. The summed E-state index contributed by atoms with van der Waals surface area (Å²) in [6.45, 7) is 5.97. The van der Waals surface area contributed by atoms with E-state index in [4.69, 9.17) is 18.7 Å². The first-order valence-corrected chi connectivity index (χ1v) is 10.6. The minimum atomic E-state index is -0.121. The molecule has 1 aliphatic heterocycles. The summed E-state index contributed by atoms with van der Waals surface area (Å²) in [4.78, 5) is 4.54. The van der Waals surface area contributed by atoms with Crippen LogP contribution in [0.15, 0.2) is 53.1 Å². The van der Waals surface area contributed by atoms with Crippen molar-refractivity contribution in [1.82, 2.24) is 25.1 Å². The van der Waals surface area contributed by atoms with Crippen LogP contribution in [-0.2, 0) is 17.9 Å². The van der Waals surface area contributed by atoms with E-state index in [9.17, 15) is 0 Å². The molecule has 2 aromatic carbocycles. The van der Waals surface area contributed by atoms with Gasteiger partial charge in [-0.2, -0.15) is 4.98 Å². The molecule has 1 atom stereocenters. The lowest BCUT2D eigenvalue weighted by Gasteiger charge is -2.24. The molecule has 0 bridgehead atoms. The summed E-state index contributed by atoms with van der Waals surface area (Å²) in [5, 5.41) is 12.7. The highest BCUT2D eigenvalue weighted by atomic mass is 16.5. The number of rotatable bonds is 7. The van der Waals surface area contributed by atoms with Crippen molar-refractivity contribution >= 4 is 0 Å². The minimum Gasteiger partial charge on any atom is -0.494 e. The molecule has 2 aromatic heterocycles. The third kappa shape index (κ3) is 3.82. The maximum atomic E-state index is 6.10. The Morgan fingerprint density at radius 3 is 2.66 bits per heavy atom. The van der Waals surface area contributed by atoms with Crippen LogP contribution in [0.25, 0.3) is 23.0 Å². The lowest BCUT2D eigenvalue weighted by Crippen LogP contribution is -2.22. The number of nitrogens with zero attached hydrogens (tertiary/aromatic N) is 5. The first-order valence-electron chi connectivity index (χ1n) is 10.6. The predicted molar refractivity (Wildman–Crippen MR) is 115 cm³/mol. The molecule has 32 heavy (non-hydrogen) atoms. The zero-order valence-corrected chi connectivity index (χ0v) is 17.9. The van der Waals surface area contributed by atoms with Gasteiger partial charge in [0.2, 0.25) is 5.82 Å². The lowest BCUT2D eigenvalue weighted by molar-refractivity contribution is -0.00119. The van der Waals surface area contributed by atoms with Crippen LogP contribution in [-0.4, -0.2) is 38.3 Å². The molecule has 9 nitrogen and oxygen atoms in total. The molecule has 0 fully saturated rings. The van der Waals surface area contributed by atoms with Crippen molar-refractivity contribution in [3.05, 3.63) is 59.8 Å². The van der Waals surface area contributed by atoms with Gasteiger partial charge >= 0.3 is 0 Å². The topological polar surface area (TPSA) is 97.3 Å². The summed E-state index contributed by atoms with van der Waals surface area (Å²) < 4.78 is 24.6. The van der Waals surface area contributed by atoms with E-state index in [0.717, 1.165) is 22.6 Å². The monoisotopic (exact) mass is 433 g/mol. The van der Waals surface area contributed by atoms with Crippen LogP contribution in [0.1, 0.15) is 31.2 Å². The summed E-state index contributed by atoms with van der Waals surface area (Å²) >= 11 is 0. The maximum absolute atomic E-state index is 6.10. The number of hydrogen-bond acceptors (Lipinski definition) is 8. The van der Waals surface area contributed by atoms with E-state index >= 15 is 0 Å². The number of aromatic nitrogens is 5. The second-order valence-corrected chi connectivity index (χ2v) is 7.22. The van der Waals surface area contributed by atoms with Gasteiger partial charge in [0.15, 0.2) is 5.69 Å². The van der Waals surface area contributed by atoms with Gasteiger partial charge in [-0.25, -0.2) is 4.68 Å². The van der Waals surface area contributed by atoms with Crippen molar-refractivity contribution in [2.45, 2.75) is 33.1 Å². The van der Waals surface area contributed by atoms with Crippen LogP contribution < -0.4 is 9.47 Å². The van der Waals surface area contributed by atoms with Gasteiger partial charge in [-0.1, -0.05) is 34.6 Å². The molecule has 9 heteroatoms. The summed E-state index contributed by atoms with van der Waals surface area (Å²) in [5.74, 6) is 2.29. The summed E-state index contributed by atoms with van der Waals surface area (Å²) in [6.07, 6.45) is -0.121. The first-order chi connectivity index (χ1) is 15.8. The Morgan fingerprint density at radius 2 is 1.84 bits per heavy atom. The summed E-state index contributed by atoms with van der Waals surface area (Å²) in [5.41, 5.74) is 3.16. The average molecular weight is 433 g/mol. The maximum Gasteiger partial charge on any atom is 0.280 e. The van der Waals surface area contributed by atoms with Gasteiger partial charge in [0.25, 0.3) is 5.89 Å². The van der Waals surface area contributed by atoms with Gasteiger partial charge in [0, 0.05) is 0 Å². The molecule has 1 aliphatic rings. The van der Waals surface area contributed by atoms with Gasteiger partial charge in [-0.3, -0.25) is 0 Å². The molecule has 5 rings (SSSR count). The average Bonchev–Trinajstić information content (AvgIpc) is 3.47. The Hall–Kier alpha value is -3.72. The fourth-order valence-electron chi connectivity index (χ4n) is 3.69. The van der Waals surface area contributed by atoms with Gasteiger partial charge in [0.05, 0.1) is 37.6 Å². The van der Waals surface area contributed by atoms with E-state index in [1.165, 1.54) is 0 Å². The smallest absolute Gasteiger partial charge is 0.280 e. The largest absolute Gasteiger partial charge is 0.494 e. The zero-order chi connectivity index (χ0) is 21.9. The number of fused-ring (bicyclic) bond motifs is 1. The Bertz CT molecular complexity index is 1200. The molecule has 0 saturated carbocycles. The van der Waals surface area contributed by atoms with Gasteiger partial charge in [-0.15, -0.1) is 5.10 Å². The van der Waals surface area contributed by atoms with E-state index < -0.39 is 0 Å². The minimum absolute atomic E-state index is 0.121. The lowest BCUT2D eigenvalue weighted by atomic mass is 10.1. The van der Waals surface area contributed by atoms with Crippen LogP contribution in [0.2, 0.25) is 0 Å². The van der Waals surface area contributed by atoms with E-state index in [0.29, 0.717) is 49.5 Å². The number of benzene rings is 2. The fraction of sp³-hybridized carbons (Fsp3) is 0.304. The van der Waals surface area contributed by atoms with E-state index in [2.05, 4.69) is 20.5 Å². The molecule has 3 heterocycles. The molecule has 0 unspecified atom stereocenters. The Kier molecular flexibility index (Phi) is 5.55. The van der Waals surface area contributed by atoms with E-state index in [1.54, 1.807) is 0 Å². The second-order valence-electron chi connectivity index (χ2n) is 7.22. The molecule has 0 saturated heterocycles. The summed E-state index contributed by atoms with van der Waals surface area (Å²) in [7, 11) is 0. The van der Waals surface area contributed by atoms with Crippen molar-refractivity contribution < 1.29 is 18.7 Å². The van der Waals surface area contributed by atoms with Crippen LogP contribution in [0, 0.1) is 0 Å². The predicted octanol–water partition coefficient (Wildman–Crippen LogP) is 4.06. The standard InChI is InChI=1S/C23H23N5O4/c1-3-29-16-11-9-15(10-12-16)20-13-28-18(14-31-20)21(25-27-28)23-24-22(26-32-23)17-7-5-6-8-19(17)30-4-2/h5-12,20H,3-4,13-14H2,1-2H3/t20-/m1/s1. The number of para-hydroxylation sites is 1. The fourth-order valence-corrected chi connectivity index (χ4v) is 3.69. The Labute approximate surface area is 184 Å². The van der Waals surface area contributed by atoms with Crippen molar-refractivity contribution in [1.29, 1.82) is 0 Å². The van der Waals surface area contributed by atoms with Crippen molar-refractivity contribution in [3.63, 3.8) is 0 Å². The Balaban J connectivity index is 1.37. The molecule has 164 valence electrons. The molecular formula is C23H23N5O4. The highest BCUT2D eigenvalue weighted by Crippen LogP contribution is 2.33. The van der Waals surface area contributed by atoms with Crippen LogP contribution >= 0.6 is 0 Å². The molecular weight excluding hydrogens is 410 g/mol. The van der Waals surface area contributed by atoms with Crippen molar-refractivity contribution in [3.8, 4) is 34.5 Å². The molecule has 4 aromatic rings. The quantitative estimate of drug-likeness (QED) is 0.430. The normalized spacial score (nSPS) is 15.4. The van der Waals surface area contributed by atoms with Crippen LogP contribution in [0.5, 0.6) is 11.5 Å². The number of ether oxygens (including phenoxy) is 3. The second kappa shape index (κ2) is 8.80. The molecule has 0 radical (unpaired) electrons. The van der Waals surface area contributed by atoms with Crippen LogP contribution in [0.3, 0.4) is 0 Å². The molecule has 0 amide bonds. The van der Waals surface area contributed by atoms with Crippen molar-refractivity contribution in [2.75, 3.05) is 13.2 Å². The van der Waals surface area contributed by atoms with Gasteiger partial charge < -0.3 is 18.7 Å². The SMILES string of the molecule is CCOc1ccc([C@H]2Cn3nnc(-c4nc(-c5ccccc5OCC)no4)c3CO2)cc1. The van der Waals surface area contributed by atoms with Gasteiger partial charge in [-0.05, 0) is 43.7 Å². The third-order valence-electron chi connectivity index (χ3n) is 5.22.